The van der Waals surface area contributed by atoms with Crippen molar-refractivity contribution in [2.75, 3.05) is 13.1 Å². The highest BCUT2D eigenvalue weighted by Gasteiger charge is 2.18. The smallest absolute Gasteiger partial charge is 0.178 e. The van der Waals surface area contributed by atoms with Crippen molar-refractivity contribution in [3.63, 3.8) is 0 Å². The maximum absolute atomic E-state index is 13.6. The molecule has 1 fully saturated rings. The number of aromatic nitrogens is 2. The maximum Gasteiger partial charge on any atom is 0.178 e. The van der Waals surface area contributed by atoms with Crippen LogP contribution in [0, 0.1) is 10.6 Å². The molecule has 1 aliphatic rings. The van der Waals surface area contributed by atoms with Crippen LogP contribution in [0.3, 0.4) is 0 Å². The summed E-state index contributed by atoms with van der Waals surface area (Å²) in [5.41, 5.74) is 1.71. The summed E-state index contributed by atoms with van der Waals surface area (Å²) in [5, 5.41) is 0. The molecule has 1 atom stereocenters. The van der Waals surface area contributed by atoms with Gasteiger partial charge in [0.2, 0.25) is 0 Å². The highest BCUT2D eigenvalue weighted by Crippen LogP contribution is 2.24. The molecular formula is C15H19BrFN3S. The Morgan fingerprint density at radius 2 is 2.05 bits per heavy atom. The van der Waals surface area contributed by atoms with Crippen molar-refractivity contribution in [2.24, 2.45) is 0 Å². The van der Waals surface area contributed by atoms with Gasteiger partial charge in [-0.2, -0.15) is 0 Å². The van der Waals surface area contributed by atoms with Crippen molar-refractivity contribution >= 4 is 39.2 Å². The summed E-state index contributed by atoms with van der Waals surface area (Å²) >= 11 is 8.67. The number of nitrogens with one attached hydrogen (secondary N) is 1. The molecule has 0 spiro atoms. The van der Waals surface area contributed by atoms with E-state index in [2.05, 4.69) is 37.3 Å². The maximum atomic E-state index is 13.6. The zero-order chi connectivity index (χ0) is 15.0. The average molecular weight is 372 g/mol. The molecule has 1 aromatic heterocycles. The molecule has 0 amide bonds. The number of rotatable bonds is 3. The Bertz CT molecular complexity index is 703. The third kappa shape index (κ3) is 3.07. The molecule has 0 aliphatic carbocycles. The van der Waals surface area contributed by atoms with Gasteiger partial charge in [0.25, 0.3) is 0 Å². The number of aromatic amines is 1. The standard InChI is InChI=1S/C15H19BrFN3S/c1-10(19-5-3-2-4-6-19)9-20-14-7-11(16)12(17)8-13(14)18-15(20)21/h7-8,10H,2-6,9H2,1H3,(H,18,21). The van der Waals surface area contributed by atoms with Crippen LogP contribution < -0.4 is 0 Å². The lowest BCUT2D eigenvalue weighted by molar-refractivity contribution is 0.160. The van der Waals surface area contributed by atoms with Crippen molar-refractivity contribution in [3.05, 3.63) is 27.2 Å². The zero-order valence-electron chi connectivity index (χ0n) is 12.0. The van der Waals surface area contributed by atoms with E-state index in [1.54, 1.807) is 6.07 Å². The Hall–Kier alpha value is -0.720. The van der Waals surface area contributed by atoms with Crippen LogP contribution in [-0.2, 0) is 6.54 Å². The fourth-order valence-electron chi connectivity index (χ4n) is 3.07. The lowest BCUT2D eigenvalue weighted by atomic mass is 10.1. The van der Waals surface area contributed by atoms with Crippen molar-refractivity contribution < 1.29 is 4.39 Å². The molecule has 1 saturated heterocycles. The van der Waals surface area contributed by atoms with Gasteiger partial charge < -0.3 is 9.55 Å². The number of piperidine rings is 1. The molecule has 3 rings (SSSR count). The molecule has 0 saturated carbocycles. The predicted octanol–water partition coefficient (Wildman–Crippen LogP) is 4.47. The summed E-state index contributed by atoms with van der Waals surface area (Å²) in [4.78, 5) is 5.62. The summed E-state index contributed by atoms with van der Waals surface area (Å²) in [6, 6.07) is 3.73. The largest absolute Gasteiger partial charge is 0.330 e. The highest BCUT2D eigenvalue weighted by molar-refractivity contribution is 9.10. The molecule has 114 valence electrons. The number of benzene rings is 1. The molecule has 6 heteroatoms. The number of H-pyrrole nitrogens is 1. The van der Waals surface area contributed by atoms with Crippen molar-refractivity contribution in [3.8, 4) is 0 Å². The number of hydrogen-bond acceptors (Lipinski definition) is 2. The van der Waals surface area contributed by atoms with E-state index in [1.165, 1.54) is 25.3 Å². The molecule has 21 heavy (non-hydrogen) atoms. The molecule has 3 nitrogen and oxygen atoms in total. The molecule has 0 bridgehead atoms. The molecular weight excluding hydrogens is 353 g/mol. The van der Waals surface area contributed by atoms with Crippen LogP contribution in [-0.4, -0.2) is 33.6 Å². The predicted molar refractivity (Wildman–Crippen MR) is 89.7 cm³/mol. The van der Waals surface area contributed by atoms with Gasteiger partial charge in [0, 0.05) is 18.7 Å². The minimum absolute atomic E-state index is 0.269. The van der Waals surface area contributed by atoms with E-state index in [9.17, 15) is 4.39 Å². The number of imidazole rings is 1. The van der Waals surface area contributed by atoms with Gasteiger partial charge in [0.1, 0.15) is 5.82 Å². The first-order chi connectivity index (χ1) is 10.1. The van der Waals surface area contributed by atoms with Crippen LogP contribution in [0.5, 0.6) is 0 Å². The first-order valence-electron chi connectivity index (χ1n) is 7.38. The molecule has 0 radical (unpaired) electrons. The van der Waals surface area contributed by atoms with Crippen LogP contribution in [0.4, 0.5) is 4.39 Å². The van der Waals surface area contributed by atoms with Crippen molar-refractivity contribution in [1.82, 2.24) is 14.5 Å². The summed E-state index contributed by atoms with van der Waals surface area (Å²) in [6.45, 7) is 5.39. The van der Waals surface area contributed by atoms with Crippen LogP contribution in [0.1, 0.15) is 26.2 Å². The lowest BCUT2D eigenvalue weighted by Crippen LogP contribution is -2.39. The van der Waals surface area contributed by atoms with E-state index >= 15 is 0 Å². The Morgan fingerprint density at radius 3 is 2.76 bits per heavy atom. The number of nitrogens with zero attached hydrogens (tertiary/aromatic N) is 2. The quantitative estimate of drug-likeness (QED) is 0.804. The van der Waals surface area contributed by atoms with E-state index in [0.29, 0.717) is 15.3 Å². The SMILES string of the molecule is CC(Cn1c(=S)[nH]c2cc(F)c(Br)cc21)N1CCCCC1. The van der Waals surface area contributed by atoms with E-state index in [4.69, 9.17) is 12.2 Å². The molecule has 1 aromatic carbocycles. The second-order valence-corrected chi connectivity index (χ2v) is 7.01. The molecule has 2 aromatic rings. The molecule has 2 heterocycles. The second kappa shape index (κ2) is 6.18. The van der Waals surface area contributed by atoms with E-state index in [-0.39, 0.29) is 5.82 Å². The van der Waals surface area contributed by atoms with Crippen molar-refractivity contribution in [1.29, 1.82) is 0 Å². The van der Waals surface area contributed by atoms with E-state index in [1.807, 2.05) is 0 Å². The molecule has 1 unspecified atom stereocenters. The molecule has 1 aliphatic heterocycles. The van der Waals surface area contributed by atoms with Gasteiger partial charge in [0.15, 0.2) is 4.77 Å². The summed E-state index contributed by atoms with van der Waals surface area (Å²) in [6.07, 6.45) is 3.89. The van der Waals surface area contributed by atoms with E-state index in [0.717, 1.165) is 30.7 Å². The average Bonchev–Trinajstić information content (AvgIpc) is 2.76. The first-order valence-corrected chi connectivity index (χ1v) is 8.58. The molecule has 1 N–H and O–H groups in total. The fraction of sp³-hybridized carbons (Fsp3) is 0.533. The Balaban J connectivity index is 1.91. The highest BCUT2D eigenvalue weighted by atomic mass is 79.9. The van der Waals surface area contributed by atoms with E-state index < -0.39 is 0 Å². The number of halogens is 2. The number of likely N-dealkylation sites (tertiary alicyclic amines) is 1. The first kappa shape index (κ1) is 15.2. The van der Waals surface area contributed by atoms with Crippen molar-refractivity contribution in [2.45, 2.75) is 38.8 Å². The normalized spacial score (nSPS) is 18.2. The lowest BCUT2D eigenvalue weighted by Gasteiger charge is -2.32. The Kier molecular flexibility index (Phi) is 4.47. The topological polar surface area (TPSA) is 24.0 Å². The minimum Gasteiger partial charge on any atom is -0.330 e. The van der Waals surface area contributed by atoms with Crippen LogP contribution in [0.25, 0.3) is 11.0 Å². The number of hydrogen-bond donors (Lipinski definition) is 1. The van der Waals surface area contributed by atoms with Gasteiger partial charge in [0.05, 0.1) is 15.5 Å². The van der Waals surface area contributed by atoms with Gasteiger partial charge in [-0.05, 0) is 67.1 Å². The van der Waals surface area contributed by atoms with Gasteiger partial charge in [-0.15, -0.1) is 0 Å². The van der Waals surface area contributed by atoms with Gasteiger partial charge in [-0.3, -0.25) is 4.90 Å². The Morgan fingerprint density at radius 1 is 1.33 bits per heavy atom. The van der Waals surface area contributed by atoms with Crippen LogP contribution in [0.15, 0.2) is 16.6 Å². The van der Waals surface area contributed by atoms with Crippen LogP contribution >= 0.6 is 28.1 Å². The minimum atomic E-state index is -0.269. The fourth-order valence-corrected chi connectivity index (χ4v) is 3.69. The third-order valence-corrected chi connectivity index (χ3v) is 5.21. The van der Waals surface area contributed by atoms with Crippen LogP contribution in [0.2, 0.25) is 0 Å². The van der Waals surface area contributed by atoms with Gasteiger partial charge in [-0.25, -0.2) is 4.39 Å². The summed E-state index contributed by atoms with van der Waals surface area (Å²) < 4.78 is 16.8. The third-order valence-electron chi connectivity index (χ3n) is 4.28. The monoisotopic (exact) mass is 371 g/mol. The van der Waals surface area contributed by atoms with Gasteiger partial charge >= 0.3 is 0 Å². The summed E-state index contributed by atoms with van der Waals surface area (Å²) in [7, 11) is 0. The Labute approximate surface area is 137 Å². The van der Waals surface area contributed by atoms with Gasteiger partial charge in [-0.1, -0.05) is 6.42 Å². The number of fused-ring (bicyclic) bond motifs is 1. The summed E-state index contributed by atoms with van der Waals surface area (Å²) in [5.74, 6) is -0.269. The second-order valence-electron chi connectivity index (χ2n) is 5.77. The zero-order valence-corrected chi connectivity index (χ0v) is 14.4.